The van der Waals surface area contributed by atoms with Gasteiger partial charge in [-0.15, -0.1) is 0 Å². The van der Waals surface area contributed by atoms with Crippen molar-refractivity contribution < 1.29 is 14.3 Å². The van der Waals surface area contributed by atoms with E-state index in [9.17, 15) is 4.79 Å². The fourth-order valence-electron chi connectivity index (χ4n) is 2.35. The first-order chi connectivity index (χ1) is 12.2. The number of hydrogen-bond donors (Lipinski definition) is 0. The molecule has 0 N–H and O–H groups in total. The highest BCUT2D eigenvalue weighted by Gasteiger charge is 2.17. The van der Waals surface area contributed by atoms with Crippen molar-refractivity contribution in [2.75, 3.05) is 0 Å². The molecule has 3 aromatic carbocycles. The van der Waals surface area contributed by atoms with Gasteiger partial charge in [-0.3, -0.25) is 0 Å². The minimum atomic E-state index is -0.409. The van der Waals surface area contributed by atoms with Crippen molar-refractivity contribution in [3.63, 3.8) is 0 Å². The summed E-state index contributed by atoms with van der Waals surface area (Å²) >= 11 is 3.45. The predicted molar refractivity (Wildman–Crippen MR) is 100 cm³/mol. The third kappa shape index (κ3) is 4.70. The lowest BCUT2D eigenvalue weighted by molar-refractivity contribution is 0.0467. The van der Waals surface area contributed by atoms with Crippen LogP contribution in [0.25, 0.3) is 0 Å². The molecule has 0 heterocycles. The summed E-state index contributed by atoms with van der Waals surface area (Å²) in [5, 5.41) is 0. The van der Waals surface area contributed by atoms with Gasteiger partial charge in [0.15, 0.2) is 0 Å². The van der Waals surface area contributed by atoms with Crippen molar-refractivity contribution in [3.8, 4) is 5.75 Å². The Balaban J connectivity index is 1.72. The van der Waals surface area contributed by atoms with Gasteiger partial charge in [0.25, 0.3) is 0 Å². The summed E-state index contributed by atoms with van der Waals surface area (Å²) in [5.74, 6) is 0.0811. The standard InChI is InChI=1S/C21H17BrO3/c22-19-13-7-12-18(20(19)24-14-16-8-3-1-4-9-16)21(23)25-15-17-10-5-2-6-11-17/h1-13H,14-15H2. The van der Waals surface area contributed by atoms with Crippen LogP contribution in [0.3, 0.4) is 0 Å². The van der Waals surface area contributed by atoms with Crippen LogP contribution in [0, 0.1) is 0 Å². The van der Waals surface area contributed by atoms with Gasteiger partial charge in [0.1, 0.15) is 24.5 Å². The lowest BCUT2D eigenvalue weighted by Crippen LogP contribution is -2.08. The monoisotopic (exact) mass is 396 g/mol. The molecule has 0 aliphatic heterocycles. The SMILES string of the molecule is O=C(OCc1ccccc1)c1cccc(Br)c1OCc1ccccc1. The Kier molecular flexibility index (Phi) is 5.86. The molecule has 0 radical (unpaired) electrons. The first-order valence-electron chi connectivity index (χ1n) is 7.90. The highest BCUT2D eigenvalue weighted by Crippen LogP contribution is 2.30. The van der Waals surface area contributed by atoms with Gasteiger partial charge >= 0.3 is 5.97 Å². The number of benzene rings is 3. The quantitative estimate of drug-likeness (QED) is 0.524. The minimum absolute atomic E-state index is 0.226. The molecular weight excluding hydrogens is 380 g/mol. The van der Waals surface area contributed by atoms with Crippen LogP contribution in [0.1, 0.15) is 21.5 Å². The molecule has 25 heavy (non-hydrogen) atoms. The second kappa shape index (κ2) is 8.49. The van der Waals surface area contributed by atoms with E-state index in [4.69, 9.17) is 9.47 Å². The van der Waals surface area contributed by atoms with E-state index in [1.165, 1.54) is 0 Å². The molecule has 0 fully saturated rings. The van der Waals surface area contributed by atoms with E-state index >= 15 is 0 Å². The van der Waals surface area contributed by atoms with Crippen LogP contribution in [0.15, 0.2) is 83.3 Å². The second-order valence-electron chi connectivity index (χ2n) is 5.45. The number of hydrogen-bond acceptors (Lipinski definition) is 3. The summed E-state index contributed by atoms with van der Waals surface area (Å²) in [6.07, 6.45) is 0. The highest BCUT2D eigenvalue weighted by molar-refractivity contribution is 9.10. The number of halogens is 1. The minimum Gasteiger partial charge on any atom is -0.487 e. The number of carbonyl (C=O) groups is 1. The van der Waals surface area contributed by atoms with E-state index in [1.807, 2.05) is 66.7 Å². The summed E-state index contributed by atoms with van der Waals surface area (Å²) in [6.45, 7) is 0.604. The normalized spacial score (nSPS) is 10.3. The zero-order valence-electron chi connectivity index (χ0n) is 13.5. The van der Waals surface area contributed by atoms with E-state index in [2.05, 4.69) is 15.9 Å². The van der Waals surface area contributed by atoms with E-state index in [-0.39, 0.29) is 6.61 Å². The molecule has 0 spiro atoms. The lowest BCUT2D eigenvalue weighted by Gasteiger charge is -2.13. The number of carbonyl (C=O) groups excluding carboxylic acids is 1. The zero-order valence-corrected chi connectivity index (χ0v) is 15.1. The number of rotatable bonds is 6. The van der Waals surface area contributed by atoms with Gasteiger partial charge in [-0.2, -0.15) is 0 Å². The molecule has 3 nitrogen and oxygen atoms in total. The topological polar surface area (TPSA) is 35.5 Å². The van der Waals surface area contributed by atoms with Crippen molar-refractivity contribution in [2.45, 2.75) is 13.2 Å². The first-order valence-corrected chi connectivity index (χ1v) is 8.69. The van der Waals surface area contributed by atoms with Crippen molar-refractivity contribution in [1.29, 1.82) is 0 Å². The molecule has 0 saturated heterocycles. The molecule has 3 rings (SSSR count). The number of para-hydroxylation sites is 1. The Morgan fingerprint density at radius 3 is 2.00 bits per heavy atom. The van der Waals surface area contributed by atoms with Gasteiger partial charge in [0.2, 0.25) is 0 Å². The van der Waals surface area contributed by atoms with Gasteiger partial charge in [0, 0.05) is 0 Å². The van der Waals surface area contributed by atoms with E-state index in [0.29, 0.717) is 17.9 Å². The zero-order chi connectivity index (χ0) is 17.5. The maximum atomic E-state index is 12.5. The second-order valence-corrected chi connectivity index (χ2v) is 6.31. The largest absolute Gasteiger partial charge is 0.487 e. The fraction of sp³-hybridized carbons (Fsp3) is 0.0952. The summed E-state index contributed by atoms with van der Waals surface area (Å²) in [7, 11) is 0. The maximum absolute atomic E-state index is 12.5. The molecule has 0 unspecified atom stereocenters. The average Bonchev–Trinajstić information content (AvgIpc) is 2.66. The maximum Gasteiger partial charge on any atom is 0.342 e. The summed E-state index contributed by atoms with van der Waals surface area (Å²) in [6, 6.07) is 24.7. The highest BCUT2D eigenvalue weighted by atomic mass is 79.9. The summed E-state index contributed by atoms with van der Waals surface area (Å²) in [4.78, 5) is 12.5. The van der Waals surface area contributed by atoms with Gasteiger partial charge < -0.3 is 9.47 Å². The molecule has 0 aliphatic rings. The summed E-state index contributed by atoms with van der Waals surface area (Å²) < 4.78 is 12.0. The fourth-order valence-corrected chi connectivity index (χ4v) is 2.83. The third-order valence-corrected chi connectivity index (χ3v) is 4.25. The van der Waals surface area contributed by atoms with E-state index in [1.54, 1.807) is 12.1 Å². The van der Waals surface area contributed by atoms with Crippen LogP contribution < -0.4 is 4.74 Å². The molecule has 3 aromatic rings. The first kappa shape index (κ1) is 17.2. The molecule has 0 bridgehead atoms. The van der Waals surface area contributed by atoms with Crippen LogP contribution >= 0.6 is 15.9 Å². The Morgan fingerprint density at radius 2 is 1.36 bits per heavy atom. The molecular formula is C21H17BrO3. The molecule has 0 aliphatic carbocycles. The molecule has 0 saturated carbocycles. The number of ether oxygens (including phenoxy) is 2. The van der Waals surface area contributed by atoms with Gasteiger partial charge in [-0.05, 0) is 39.2 Å². The van der Waals surface area contributed by atoms with Crippen LogP contribution in [0.5, 0.6) is 5.75 Å². The van der Waals surface area contributed by atoms with Crippen LogP contribution in [-0.4, -0.2) is 5.97 Å². The molecule has 4 heteroatoms. The van der Waals surface area contributed by atoms with E-state index in [0.717, 1.165) is 15.6 Å². The predicted octanol–water partition coefficient (Wildman–Crippen LogP) is 5.39. The van der Waals surface area contributed by atoms with Crippen molar-refractivity contribution in [2.24, 2.45) is 0 Å². The lowest BCUT2D eigenvalue weighted by atomic mass is 10.2. The third-order valence-electron chi connectivity index (χ3n) is 3.63. The van der Waals surface area contributed by atoms with Gasteiger partial charge in [-0.25, -0.2) is 4.79 Å². The van der Waals surface area contributed by atoms with Crippen molar-refractivity contribution >= 4 is 21.9 Å². The Labute approximate surface area is 155 Å². The summed E-state index contributed by atoms with van der Waals surface area (Å²) in [5.41, 5.74) is 2.38. The van der Waals surface area contributed by atoms with E-state index < -0.39 is 5.97 Å². The van der Waals surface area contributed by atoms with Crippen LogP contribution in [0.4, 0.5) is 0 Å². The average molecular weight is 397 g/mol. The molecule has 0 atom stereocenters. The Morgan fingerprint density at radius 1 is 0.760 bits per heavy atom. The Hall–Kier alpha value is -2.59. The molecule has 0 aromatic heterocycles. The smallest absolute Gasteiger partial charge is 0.342 e. The number of esters is 1. The molecule has 0 amide bonds. The van der Waals surface area contributed by atoms with Crippen molar-refractivity contribution in [1.82, 2.24) is 0 Å². The van der Waals surface area contributed by atoms with Crippen LogP contribution in [-0.2, 0) is 18.0 Å². The Bertz CT molecular complexity index is 832. The van der Waals surface area contributed by atoms with Crippen LogP contribution in [0.2, 0.25) is 0 Å². The van der Waals surface area contributed by atoms with Gasteiger partial charge in [0.05, 0.1) is 4.47 Å². The van der Waals surface area contributed by atoms with Gasteiger partial charge in [-0.1, -0.05) is 66.7 Å². The van der Waals surface area contributed by atoms with Crippen molar-refractivity contribution in [3.05, 3.63) is 100 Å². The molecule has 126 valence electrons.